The summed E-state index contributed by atoms with van der Waals surface area (Å²) in [6, 6.07) is 8.21. The molecule has 1 N–H and O–H groups in total. The molecule has 2 nitrogen and oxygen atoms in total. The van der Waals surface area contributed by atoms with E-state index in [0.29, 0.717) is 0 Å². The second-order valence-electron chi connectivity index (χ2n) is 3.58. The summed E-state index contributed by atoms with van der Waals surface area (Å²) in [4.78, 5) is 0. The van der Waals surface area contributed by atoms with Gasteiger partial charge in [0.1, 0.15) is 5.75 Å². The summed E-state index contributed by atoms with van der Waals surface area (Å²) >= 11 is 0. The number of likely N-dealkylation sites (N-methyl/N-ethyl adjacent to an activating group) is 1. The Labute approximate surface area is 92.0 Å². The summed E-state index contributed by atoms with van der Waals surface area (Å²) in [5.41, 5.74) is 2.25. The number of rotatable bonds is 5. The average molecular weight is 205 g/mol. The minimum atomic E-state index is 0.172. The first-order valence-corrected chi connectivity index (χ1v) is 5.22. The van der Waals surface area contributed by atoms with Gasteiger partial charge in [-0.3, -0.25) is 0 Å². The molecule has 0 spiro atoms. The molecule has 1 aromatic rings. The highest BCUT2D eigenvalue weighted by Gasteiger charge is 2.14. The van der Waals surface area contributed by atoms with Crippen LogP contribution in [0.25, 0.3) is 0 Å². The van der Waals surface area contributed by atoms with Gasteiger partial charge in [-0.2, -0.15) is 0 Å². The van der Waals surface area contributed by atoms with Crippen LogP contribution in [0.1, 0.15) is 25.5 Å². The molecule has 2 heteroatoms. The first-order valence-electron chi connectivity index (χ1n) is 5.22. The molecule has 0 bridgehead atoms. The van der Waals surface area contributed by atoms with Crippen molar-refractivity contribution in [3.63, 3.8) is 0 Å². The molecular weight excluding hydrogens is 186 g/mol. The zero-order valence-corrected chi connectivity index (χ0v) is 9.71. The predicted octanol–water partition coefficient (Wildman–Crippen LogP) is 2.92. The van der Waals surface area contributed by atoms with E-state index in [2.05, 4.69) is 24.9 Å². The van der Waals surface area contributed by atoms with Crippen molar-refractivity contribution in [2.45, 2.75) is 19.9 Å². The Hall–Kier alpha value is -1.28. The van der Waals surface area contributed by atoms with Crippen molar-refractivity contribution in [3.05, 3.63) is 42.0 Å². The van der Waals surface area contributed by atoms with Crippen LogP contribution < -0.4 is 10.1 Å². The van der Waals surface area contributed by atoms with Crippen LogP contribution in [0, 0.1) is 0 Å². The molecule has 0 aliphatic carbocycles. The van der Waals surface area contributed by atoms with Crippen LogP contribution in [0.5, 0.6) is 5.75 Å². The largest absolute Gasteiger partial charge is 0.496 e. The van der Waals surface area contributed by atoms with Gasteiger partial charge < -0.3 is 10.1 Å². The highest BCUT2D eigenvalue weighted by Crippen LogP contribution is 2.28. The monoisotopic (exact) mass is 205 g/mol. The maximum atomic E-state index is 5.34. The fraction of sp³-hybridized carbons (Fsp3) is 0.385. The van der Waals surface area contributed by atoms with Gasteiger partial charge in [-0.25, -0.2) is 0 Å². The van der Waals surface area contributed by atoms with Gasteiger partial charge >= 0.3 is 0 Å². The molecule has 0 fully saturated rings. The third-order valence-corrected chi connectivity index (χ3v) is 2.35. The fourth-order valence-electron chi connectivity index (χ4n) is 1.66. The van der Waals surface area contributed by atoms with Crippen LogP contribution in [-0.4, -0.2) is 13.7 Å². The van der Waals surface area contributed by atoms with Crippen LogP contribution in [-0.2, 0) is 0 Å². The molecule has 0 aliphatic rings. The van der Waals surface area contributed by atoms with E-state index in [1.807, 2.05) is 25.1 Å². The maximum Gasteiger partial charge on any atom is 0.123 e. The second-order valence-corrected chi connectivity index (χ2v) is 3.58. The Kier molecular flexibility index (Phi) is 4.37. The standard InChI is InChI=1S/C13H19NO/c1-5-14-13(10(2)3)11-8-6-7-9-12(11)15-4/h6-9,13-14H,2,5H2,1,3-4H3. The molecule has 15 heavy (non-hydrogen) atoms. The van der Waals surface area contributed by atoms with Gasteiger partial charge in [0.15, 0.2) is 0 Å². The van der Waals surface area contributed by atoms with E-state index in [9.17, 15) is 0 Å². The molecule has 0 aromatic heterocycles. The Morgan fingerprint density at radius 2 is 2.13 bits per heavy atom. The molecule has 0 saturated heterocycles. The summed E-state index contributed by atoms with van der Waals surface area (Å²) < 4.78 is 5.34. The van der Waals surface area contributed by atoms with Gasteiger partial charge in [-0.1, -0.05) is 37.3 Å². The van der Waals surface area contributed by atoms with E-state index < -0.39 is 0 Å². The van der Waals surface area contributed by atoms with Gasteiger partial charge in [0.05, 0.1) is 13.2 Å². The first-order chi connectivity index (χ1) is 7.20. The number of ether oxygens (including phenoxy) is 1. The van der Waals surface area contributed by atoms with Gasteiger partial charge in [0, 0.05) is 5.56 Å². The lowest BCUT2D eigenvalue weighted by Gasteiger charge is -2.20. The highest BCUT2D eigenvalue weighted by atomic mass is 16.5. The second kappa shape index (κ2) is 5.56. The van der Waals surface area contributed by atoms with Crippen LogP contribution in [0.2, 0.25) is 0 Å². The van der Waals surface area contributed by atoms with Gasteiger partial charge in [0.25, 0.3) is 0 Å². The van der Waals surface area contributed by atoms with Gasteiger partial charge in [-0.15, -0.1) is 0 Å². The Balaban J connectivity index is 3.04. The van der Waals surface area contributed by atoms with E-state index in [0.717, 1.165) is 23.4 Å². The molecule has 82 valence electrons. The van der Waals surface area contributed by atoms with Gasteiger partial charge in [0.2, 0.25) is 0 Å². The van der Waals surface area contributed by atoms with E-state index in [1.165, 1.54) is 0 Å². The normalized spacial score (nSPS) is 12.2. The molecule has 0 amide bonds. The van der Waals surface area contributed by atoms with E-state index in [1.54, 1.807) is 7.11 Å². The number of para-hydroxylation sites is 1. The van der Waals surface area contributed by atoms with Gasteiger partial charge in [-0.05, 0) is 19.5 Å². The highest BCUT2D eigenvalue weighted by molar-refractivity contribution is 5.39. The van der Waals surface area contributed by atoms with Crippen molar-refractivity contribution in [2.75, 3.05) is 13.7 Å². The minimum Gasteiger partial charge on any atom is -0.496 e. The van der Waals surface area contributed by atoms with Crippen molar-refractivity contribution < 1.29 is 4.74 Å². The van der Waals surface area contributed by atoms with Crippen molar-refractivity contribution >= 4 is 0 Å². The SMILES string of the molecule is C=C(C)C(NCC)c1ccccc1OC. The number of hydrogen-bond donors (Lipinski definition) is 1. The van der Waals surface area contributed by atoms with E-state index in [-0.39, 0.29) is 6.04 Å². The smallest absolute Gasteiger partial charge is 0.123 e. The lowest BCUT2D eigenvalue weighted by atomic mass is 10.00. The first kappa shape index (κ1) is 11.8. The number of nitrogens with one attached hydrogen (secondary N) is 1. The Bertz CT molecular complexity index is 333. The quantitative estimate of drug-likeness (QED) is 0.746. The minimum absolute atomic E-state index is 0.172. The Morgan fingerprint density at radius 1 is 1.47 bits per heavy atom. The van der Waals surface area contributed by atoms with Crippen LogP contribution >= 0.6 is 0 Å². The van der Waals surface area contributed by atoms with Crippen molar-refractivity contribution in [3.8, 4) is 5.75 Å². The van der Waals surface area contributed by atoms with Crippen molar-refractivity contribution in [1.82, 2.24) is 5.32 Å². The molecule has 0 heterocycles. The number of benzene rings is 1. The van der Waals surface area contributed by atoms with Crippen molar-refractivity contribution in [1.29, 1.82) is 0 Å². The summed E-state index contributed by atoms with van der Waals surface area (Å²) in [5, 5.41) is 3.39. The van der Waals surface area contributed by atoms with Crippen LogP contribution in [0.3, 0.4) is 0 Å². The molecule has 1 atom stereocenters. The third-order valence-electron chi connectivity index (χ3n) is 2.35. The molecule has 1 rings (SSSR count). The Morgan fingerprint density at radius 3 is 2.67 bits per heavy atom. The number of methoxy groups -OCH3 is 1. The third kappa shape index (κ3) is 2.83. The van der Waals surface area contributed by atoms with E-state index >= 15 is 0 Å². The predicted molar refractivity (Wildman–Crippen MR) is 64.2 cm³/mol. The molecule has 0 saturated carbocycles. The van der Waals surface area contributed by atoms with Crippen LogP contribution in [0.15, 0.2) is 36.4 Å². The lowest BCUT2D eigenvalue weighted by molar-refractivity contribution is 0.404. The zero-order valence-electron chi connectivity index (χ0n) is 9.71. The average Bonchev–Trinajstić information content (AvgIpc) is 2.25. The molecular formula is C13H19NO. The molecule has 0 aliphatic heterocycles. The summed E-state index contributed by atoms with van der Waals surface area (Å²) in [6.45, 7) is 9.04. The molecule has 1 unspecified atom stereocenters. The van der Waals surface area contributed by atoms with E-state index in [4.69, 9.17) is 4.74 Å². The van der Waals surface area contributed by atoms with Crippen molar-refractivity contribution in [2.24, 2.45) is 0 Å². The topological polar surface area (TPSA) is 21.3 Å². The summed E-state index contributed by atoms with van der Waals surface area (Å²) in [5.74, 6) is 0.909. The molecule has 0 radical (unpaired) electrons. The maximum absolute atomic E-state index is 5.34. The summed E-state index contributed by atoms with van der Waals surface area (Å²) in [6.07, 6.45) is 0. The zero-order chi connectivity index (χ0) is 11.3. The summed E-state index contributed by atoms with van der Waals surface area (Å²) in [7, 11) is 1.69. The van der Waals surface area contributed by atoms with Crippen LogP contribution in [0.4, 0.5) is 0 Å². The fourth-order valence-corrected chi connectivity index (χ4v) is 1.66. The lowest BCUT2D eigenvalue weighted by Crippen LogP contribution is -2.22. The molecule has 1 aromatic carbocycles. The number of hydrogen-bond acceptors (Lipinski definition) is 2.